The molecule has 2 nitrogen and oxygen atoms in total. The van der Waals surface area contributed by atoms with Gasteiger partial charge in [-0.2, -0.15) is 0 Å². The first-order valence-corrected chi connectivity index (χ1v) is 7.17. The van der Waals surface area contributed by atoms with Crippen LogP contribution in [-0.2, 0) is 4.79 Å². The van der Waals surface area contributed by atoms with Crippen LogP contribution in [0.1, 0.15) is 12.5 Å². The highest BCUT2D eigenvalue weighted by Gasteiger charge is 2.10. The number of hydrogen-bond acceptors (Lipinski definition) is 3. The maximum atomic E-state index is 10.6. The Morgan fingerprint density at radius 1 is 1.31 bits per heavy atom. The summed E-state index contributed by atoms with van der Waals surface area (Å²) >= 11 is 3.26. The number of aliphatic carboxylic acids is 1. The average Bonchev–Trinajstić information content (AvgIpc) is 2.26. The lowest BCUT2D eigenvalue weighted by Crippen LogP contribution is -2.12. The number of benzene rings is 1. The molecule has 1 aromatic rings. The predicted molar refractivity (Wildman–Crippen MR) is 71.5 cm³/mol. The fourth-order valence-electron chi connectivity index (χ4n) is 1.09. The van der Waals surface area contributed by atoms with Gasteiger partial charge in [-0.1, -0.05) is 17.7 Å². The molecule has 1 rings (SSSR count). The summed E-state index contributed by atoms with van der Waals surface area (Å²) in [7, 11) is 0. The Morgan fingerprint density at radius 3 is 2.50 bits per heavy atom. The van der Waals surface area contributed by atoms with Crippen LogP contribution in [-0.4, -0.2) is 27.8 Å². The Kier molecular flexibility index (Phi) is 5.77. The molecule has 0 saturated heterocycles. The topological polar surface area (TPSA) is 37.3 Å². The van der Waals surface area contributed by atoms with E-state index in [2.05, 4.69) is 31.2 Å². The lowest BCUT2D eigenvalue weighted by Gasteiger charge is -2.05. The Balaban J connectivity index is 2.21. The molecule has 0 radical (unpaired) electrons. The SMILES string of the molecule is Cc1ccc(SCCSC(C)C(=O)O)cc1. The molecule has 0 spiro atoms. The van der Waals surface area contributed by atoms with Crippen molar-refractivity contribution in [1.82, 2.24) is 0 Å². The van der Waals surface area contributed by atoms with Gasteiger partial charge in [0.2, 0.25) is 0 Å². The Bertz CT molecular complexity index is 335. The molecule has 0 saturated carbocycles. The minimum Gasteiger partial charge on any atom is -0.480 e. The second-order valence-corrected chi connectivity index (χ2v) is 6.13. The summed E-state index contributed by atoms with van der Waals surface area (Å²) < 4.78 is 0. The van der Waals surface area contributed by atoms with Crippen LogP contribution >= 0.6 is 23.5 Å². The molecular formula is C12H16O2S2. The summed E-state index contributed by atoms with van der Waals surface area (Å²) in [6.45, 7) is 3.79. The Hall–Kier alpha value is -0.610. The van der Waals surface area contributed by atoms with Gasteiger partial charge in [0.25, 0.3) is 0 Å². The number of aryl methyl sites for hydroxylation is 1. The van der Waals surface area contributed by atoms with Crippen LogP contribution in [0.3, 0.4) is 0 Å². The summed E-state index contributed by atoms with van der Waals surface area (Å²) in [5.41, 5.74) is 1.26. The zero-order chi connectivity index (χ0) is 12.0. The molecule has 0 heterocycles. The first kappa shape index (κ1) is 13.5. The van der Waals surface area contributed by atoms with Gasteiger partial charge in [-0.15, -0.1) is 23.5 Å². The minimum absolute atomic E-state index is 0.307. The molecule has 0 aromatic heterocycles. The second kappa shape index (κ2) is 6.86. The van der Waals surface area contributed by atoms with Gasteiger partial charge in [0.15, 0.2) is 0 Å². The average molecular weight is 256 g/mol. The normalized spacial score (nSPS) is 12.4. The lowest BCUT2D eigenvalue weighted by atomic mass is 10.2. The second-order valence-electron chi connectivity index (χ2n) is 3.51. The van der Waals surface area contributed by atoms with Crippen molar-refractivity contribution in [3.63, 3.8) is 0 Å². The van der Waals surface area contributed by atoms with Crippen LogP contribution in [0, 0.1) is 6.92 Å². The minimum atomic E-state index is -0.731. The molecule has 0 aliphatic carbocycles. The largest absolute Gasteiger partial charge is 0.480 e. The van der Waals surface area contributed by atoms with Crippen molar-refractivity contribution in [2.45, 2.75) is 24.0 Å². The molecule has 4 heteroatoms. The first-order chi connectivity index (χ1) is 7.59. The number of carboxylic acid groups (broad SMARTS) is 1. The maximum Gasteiger partial charge on any atom is 0.316 e. The van der Waals surface area contributed by atoms with Crippen molar-refractivity contribution >= 4 is 29.5 Å². The summed E-state index contributed by atoms with van der Waals surface area (Å²) in [6.07, 6.45) is 0. The predicted octanol–water partition coefficient (Wildman–Crippen LogP) is 3.29. The van der Waals surface area contributed by atoms with Crippen molar-refractivity contribution in [3.05, 3.63) is 29.8 Å². The first-order valence-electron chi connectivity index (χ1n) is 5.13. The monoisotopic (exact) mass is 256 g/mol. The highest BCUT2D eigenvalue weighted by Crippen LogP contribution is 2.20. The molecule has 0 fully saturated rings. The van der Waals surface area contributed by atoms with E-state index in [-0.39, 0.29) is 5.25 Å². The van der Waals surface area contributed by atoms with Crippen LogP contribution in [0.4, 0.5) is 0 Å². The smallest absolute Gasteiger partial charge is 0.316 e. The van der Waals surface area contributed by atoms with Crippen LogP contribution in [0.15, 0.2) is 29.2 Å². The highest BCUT2D eigenvalue weighted by atomic mass is 32.2. The number of hydrogen-bond donors (Lipinski definition) is 1. The standard InChI is InChI=1S/C12H16O2S2/c1-9-3-5-11(6-4-9)16-8-7-15-10(2)12(13)14/h3-6,10H,7-8H2,1-2H3,(H,13,14). The molecule has 1 aromatic carbocycles. The molecule has 1 atom stereocenters. The van der Waals surface area contributed by atoms with Gasteiger partial charge in [0.1, 0.15) is 0 Å². The molecule has 0 bridgehead atoms. The third-order valence-electron chi connectivity index (χ3n) is 2.09. The van der Waals surface area contributed by atoms with Crippen molar-refractivity contribution in [2.24, 2.45) is 0 Å². The quantitative estimate of drug-likeness (QED) is 0.626. The molecule has 16 heavy (non-hydrogen) atoms. The molecule has 0 aliphatic rings. The Morgan fingerprint density at radius 2 is 1.94 bits per heavy atom. The zero-order valence-electron chi connectivity index (χ0n) is 9.47. The molecule has 1 N–H and O–H groups in total. The van der Waals surface area contributed by atoms with Crippen molar-refractivity contribution in [1.29, 1.82) is 0 Å². The molecule has 0 amide bonds. The van der Waals surface area contributed by atoms with E-state index < -0.39 is 5.97 Å². The van der Waals surface area contributed by atoms with Gasteiger partial charge in [-0.3, -0.25) is 4.79 Å². The van der Waals surface area contributed by atoms with Gasteiger partial charge in [-0.05, 0) is 26.0 Å². The Labute approximate surface area is 105 Å². The number of carbonyl (C=O) groups is 1. The van der Waals surface area contributed by atoms with E-state index >= 15 is 0 Å². The fourth-order valence-corrected chi connectivity index (χ4v) is 2.87. The fraction of sp³-hybridized carbons (Fsp3) is 0.417. The van der Waals surface area contributed by atoms with Crippen molar-refractivity contribution < 1.29 is 9.90 Å². The van der Waals surface area contributed by atoms with E-state index in [1.807, 2.05) is 0 Å². The summed E-state index contributed by atoms with van der Waals surface area (Å²) in [4.78, 5) is 11.8. The number of rotatable bonds is 6. The van der Waals surface area contributed by atoms with Crippen LogP contribution in [0.2, 0.25) is 0 Å². The summed E-state index contributed by atoms with van der Waals surface area (Å²) in [5, 5.41) is 8.39. The molecule has 1 unspecified atom stereocenters. The van der Waals surface area contributed by atoms with Crippen LogP contribution in [0.25, 0.3) is 0 Å². The van der Waals surface area contributed by atoms with E-state index in [4.69, 9.17) is 5.11 Å². The van der Waals surface area contributed by atoms with Crippen LogP contribution in [0.5, 0.6) is 0 Å². The van der Waals surface area contributed by atoms with Crippen LogP contribution < -0.4 is 0 Å². The number of carboxylic acids is 1. The van der Waals surface area contributed by atoms with E-state index in [0.717, 1.165) is 11.5 Å². The number of thioether (sulfide) groups is 2. The molecule has 0 aliphatic heterocycles. The van der Waals surface area contributed by atoms with E-state index in [1.54, 1.807) is 18.7 Å². The van der Waals surface area contributed by atoms with E-state index in [9.17, 15) is 4.79 Å². The maximum absolute atomic E-state index is 10.6. The van der Waals surface area contributed by atoms with E-state index in [1.165, 1.54) is 22.2 Å². The van der Waals surface area contributed by atoms with Crippen molar-refractivity contribution in [3.8, 4) is 0 Å². The van der Waals surface area contributed by atoms with E-state index in [0.29, 0.717) is 0 Å². The van der Waals surface area contributed by atoms with Crippen molar-refractivity contribution in [2.75, 3.05) is 11.5 Å². The molecule has 88 valence electrons. The summed E-state index contributed by atoms with van der Waals surface area (Å²) in [6, 6.07) is 8.39. The van der Waals surface area contributed by atoms with Gasteiger partial charge >= 0.3 is 5.97 Å². The third kappa shape index (κ3) is 4.94. The molecular weight excluding hydrogens is 240 g/mol. The van der Waals surface area contributed by atoms with Gasteiger partial charge in [0, 0.05) is 16.4 Å². The van der Waals surface area contributed by atoms with Gasteiger partial charge < -0.3 is 5.11 Å². The zero-order valence-corrected chi connectivity index (χ0v) is 11.1. The van der Waals surface area contributed by atoms with Gasteiger partial charge in [0.05, 0.1) is 5.25 Å². The highest BCUT2D eigenvalue weighted by molar-refractivity contribution is 8.03. The lowest BCUT2D eigenvalue weighted by molar-refractivity contribution is -0.136. The third-order valence-corrected chi connectivity index (χ3v) is 4.50. The summed E-state index contributed by atoms with van der Waals surface area (Å²) in [5.74, 6) is 1.09. The van der Waals surface area contributed by atoms with Gasteiger partial charge in [-0.25, -0.2) is 0 Å².